The number of aliphatic hydroxyl groups is 1. The number of unbranched alkanes of at least 4 members (excludes halogenated alkanes) is 28. The maximum atomic E-state index is 12.9. The smallest absolute Gasteiger partial charge is 0.268 e. The Bertz CT molecular complexity index is 1520. The Labute approximate surface area is 458 Å². The molecule has 0 aromatic carbocycles. The van der Waals surface area contributed by atoms with Gasteiger partial charge in [0.1, 0.15) is 13.2 Å². The molecule has 0 saturated carbocycles. The lowest BCUT2D eigenvalue weighted by Crippen LogP contribution is -2.45. The van der Waals surface area contributed by atoms with E-state index in [0.29, 0.717) is 17.4 Å². The van der Waals surface area contributed by atoms with Gasteiger partial charge >= 0.3 is 0 Å². The Morgan fingerprint density at radius 1 is 0.486 bits per heavy atom. The van der Waals surface area contributed by atoms with Crippen LogP contribution < -0.4 is 10.2 Å². The number of rotatable bonds is 55. The van der Waals surface area contributed by atoms with E-state index in [0.717, 1.165) is 77.0 Å². The Hall–Kier alpha value is -2.58. The van der Waals surface area contributed by atoms with Crippen molar-refractivity contribution in [1.29, 1.82) is 0 Å². The normalized spacial score (nSPS) is 14.5. The van der Waals surface area contributed by atoms with Crippen LogP contribution in [-0.2, 0) is 18.4 Å². The van der Waals surface area contributed by atoms with Crippen LogP contribution in [0.2, 0.25) is 0 Å². The number of allylic oxidation sites excluding steroid dienone is 15. The Morgan fingerprint density at radius 2 is 0.838 bits per heavy atom. The molecule has 0 fully saturated rings. The lowest BCUT2D eigenvalue weighted by atomic mass is 10.0. The van der Waals surface area contributed by atoms with Crippen molar-refractivity contribution in [3.05, 3.63) is 97.2 Å². The van der Waals surface area contributed by atoms with Crippen LogP contribution in [0.4, 0.5) is 0 Å². The molecule has 9 heteroatoms. The van der Waals surface area contributed by atoms with Crippen LogP contribution in [-0.4, -0.2) is 68.5 Å². The lowest BCUT2D eigenvalue weighted by molar-refractivity contribution is -0.870. The van der Waals surface area contributed by atoms with Crippen LogP contribution in [0.25, 0.3) is 0 Å². The molecular weight excluding hydrogens is 936 g/mol. The average molecular weight is 1050 g/mol. The van der Waals surface area contributed by atoms with Crippen LogP contribution in [0.3, 0.4) is 0 Å². The number of amides is 1. The molecule has 0 aromatic rings. The summed E-state index contributed by atoms with van der Waals surface area (Å²) in [7, 11) is 1.24. The second kappa shape index (κ2) is 55.2. The molecule has 8 nitrogen and oxygen atoms in total. The van der Waals surface area contributed by atoms with Gasteiger partial charge < -0.3 is 28.8 Å². The number of phosphoric acid groups is 1. The van der Waals surface area contributed by atoms with Crippen LogP contribution in [0.1, 0.15) is 258 Å². The highest BCUT2D eigenvalue weighted by Gasteiger charge is 2.23. The van der Waals surface area contributed by atoms with Crippen LogP contribution >= 0.6 is 7.82 Å². The minimum atomic E-state index is -4.60. The fourth-order valence-corrected chi connectivity index (χ4v) is 9.25. The Kier molecular flexibility index (Phi) is 53.3. The molecule has 0 aromatic heterocycles. The van der Waals surface area contributed by atoms with E-state index in [1.165, 1.54) is 161 Å². The molecule has 74 heavy (non-hydrogen) atoms. The molecule has 0 aliphatic carbocycles. The number of hydrogen-bond acceptors (Lipinski definition) is 6. The van der Waals surface area contributed by atoms with E-state index in [-0.39, 0.29) is 12.5 Å². The molecule has 0 radical (unpaired) electrons. The number of carbonyl (C=O) groups is 1. The van der Waals surface area contributed by atoms with Crippen molar-refractivity contribution >= 4 is 13.7 Å². The fourth-order valence-electron chi connectivity index (χ4n) is 8.53. The number of hydrogen-bond donors (Lipinski definition) is 2. The summed E-state index contributed by atoms with van der Waals surface area (Å²) in [6, 6.07) is -0.904. The molecule has 0 bridgehead atoms. The van der Waals surface area contributed by atoms with E-state index < -0.39 is 26.6 Å². The number of quaternary nitrogens is 1. The highest BCUT2D eigenvalue weighted by molar-refractivity contribution is 7.45. The van der Waals surface area contributed by atoms with E-state index in [2.05, 4.69) is 104 Å². The van der Waals surface area contributed by atoms with Crippen molar-refractivity contribution in [2.75, 3.05) is 40.9 Å². The summed E-state index contributed by atoms with van der Waals surface area (Å²) in [5, 5.41) is 13.8. The summed E-state index contributed by atoms with van der Waals surface area (Å²) in [5.74, 6) is -0.208. The summed E-state index contributed by atoms with van der Waals surface area (Å²) in [6.45, 7) is 4.49. The monoisotopic (exact) mass is 1050 g/mol. The fraction of sp³-hybridized carbons (Fsp3) is 0.738. The zero-order valence-corrected chi connectivity index (χ0v) is 49.7. The van der Waals surface area contributed by atoms with Crippen LogP contribution in [0.15, 0.2) is 97.2 Å². The molecule has 0 aliphatic heterocycles. The second-order valence-corrected chi connectivity index (χ2v) is 23.1. The van der Waals surface area contributed by atoms with Crippen molar-refractivity contribution in [3.63, 3.8) is 0 Å². The molecule has 0 saturated heterocycles. The van der Waals surface area contributed by atoms with Gasteiger partial charge in [-0.1, -0.05) is 265 Å². The number of aliphatic hydroxyl groups excluding tert-OH is 1. The molecule has 0 aliphatic rings. The third kappa shape index (κ3) is 57.1. The molecule has 3 unspecified atom stereocenters. The topological polar surface area (TPSA) is 108 Å². The summed E-state index contributed by atoms with van der Waals surface area (Å²) in [4.78, 5) is 25.4. The third-order valence-electron chi connectivity index (χ3n) is 13.3. The largest absolute Gasteiger partial charge is 0.756 e. The second-order valence-electron chi connectivity index (χ2n) is 21.7. The van der Waals surface area contributed by atoms with Crippen molar-refractivity contribution in [2.24, 2.45) is 0 Å². The number of carbonyl (C=O) groups excluding carboxylic acids is 1. The first kappa shape index (κ1) is 71.4. The zero-order chi connectivity index (χ0) is 54.2. The Balaban J connectivity index is 3.88. The summed E-state index contributed by atoms with van der Waals surface area (Å²) in [5.41, 5.74) is 0. The van der Waals surface area contributed by atoms with Gasteiger partial charge in [0.25, 0.3) is 7.82 Å². The minimum Gasteiger partial charge on any atom is -0.756 e. The molecule has 0 rings (SSSR count). The Morgan fingerprint density at radius 3 is 1.26 bits per heavy atom. The number of nitrogens with zero attached hydrogens (tertiary/aromatic N) is 1. The molecule has 3 atom stereocenters. The van der Waals surface area contributed by atoms with E-state index in [4.69, 9.17) is 9.05 Å². The van der Waals surface area contributed by atoms with Crippen molar-refractivity contribution in [2.45, 2.75) is 270 Å². The predicted molar refractivity (Wildman–Crippen MR) is 320 cm³/mol. The maximum Gasteiger partial charge on any atom is 0.268 e. The maximum absolute atomic E-state index is 12.9. The zero-order valence-electron chi connectivity index (χ0n) is 48.8. The highest BCUT2D eigenvalue weighted by Crippen LogP contribution is 2.38. The van der Waals surface area contributed by atoms with Gasteiger partial charge in [0.15, 0.2) is 0 Å². The minimum absolute atomic E-state index is 0.00789. The number of likely N-dealkylation sites (N-methyl/N-ethyl adjacent to an activating group) is 1. The van der Waals surface area contributed by atoms with E-state index in [9.17, 15) is 19.4 Å². The van der Waals surface area contributed by atoms with Crippen LogP contribution in [0.5, 0.6) is 0 Å². The van der Waals surface area contributed by atoms with E-state index in [1.54, 1.807) is 6.08 Å². The van der Waals surface area contributed by atoms with Gasteiger partial charge in [-0.15, -0.1) is 0 Å². The summed E-state index contributed by atoms with van der Waals surface area (Å²) in [6.07, 6.45) is 79.6. The highest BCUT2D eigenvalue weighted by atomic mass is 31.2. The number of phosphoric ester groups is 1. The van der Waals surface area contributed by atoms with Gasteiger partial charge in [-0.05, 0) is 83.5 Å². The average Bonchev–Trinajstić information content (AvgIpc) is 3.36. The van der Waals surface area contributed by atoms with Crippen molar-refractivity contribution < 1.29 is 32.9 Å². The first-order valence-corrected chi connectivity index (χ1v) is 32.1. The third-order valence-corrected chi connectivity index (χ3v) is 14.2. The van der Waals surface area contributed by atoms with Gasteiger partial charge in [0, 0.05) is 6.42 Å². The van der Waals surface area contributed by atoms with E-state index in [1.807, 2.05) is 27.2 Å². The van der Waals surface area contributed by atoms with Gasteiger partial charge in [-0.3, -0.25) is 9.36 Å². The van der Waals surface area contributed by atoms with Gasteiger partial charge in [0.2, 0.25) is 5.91 Å². The molecule has 1 amide bonds. The van der Waals surface area contributed by atoms with Gasteiger partial charge in [0.05, 0.1) is 39.9 Å². The number of nitrogens with one attached hydrogen (secondary N) is 1. The van der Waals surface area contributed by atoms with E-state index >= 15 is 0 Å². The molecule has 428 valence electrons. The quantitative estimate of drug-likeness (QED) is 0.0272. The van der Waals surface area contributed by atoms with Crippen molar-refractivity contribution in [1.82, 2.24) is 5.32 Å². The molecule has 0 heterocycles. The van der Waals surface area contributed by atoms with Gasteiger partial charge in [-0.25, -0.2) is 0 Å². The summed E-state index contributed by atoms with van der Waals surface area (Å²) >= 11 is 0. The van der Waals surface area contributed by atoms with Crippen molar-refractivity contribution in [3.8, 4) is 0 Å². The SMILES string of the molecule is CC/C=C\C/C=C\C/C=C\C/C=C\C/C=C\C/C=C\CCCCCCCCCCCCCCCCCCCCCCCCC(=O)NC(COP(=O)([O-])OCC[N+](C)(C)C)C(O)/C=C/CC/C=C/CCCCCCC. The predicted octanol–water partition coefficient (Wildman–Crippen LogP) is 18.4. The summed E-state index contributed by atoms with van der Waals surface area (Å²) < 4.78 is 23.3. The van der Waals surface area contributed by atoms with Gasteiger partial charge in [-0.2, -0.15) is 0 Å². The molecular formula is C65H117N2O6P. The standard InChI is InChI=1S/C65H117N2O6P/c1-6-8-10-12-14-16-18-19-20-21-22-23-24-25-26-27-28-29-30-31-32-33-34-35-36-37-38-39-40-41-42-43-44-45-46-47-49-51-53-55-57-59-65(69)66-63(62-73-74(70,71)72-61-60-67(3,4)5)64(68)58-56-54-52-50-48-17-15-13-11-9-7-2/h8,10,14,16,19-20,22-23,25-26,28-29,48,50,56,58,63-64,68H,6-7,9,11-13,15,17-18,21,24,27,30-47,49,51-55,57,59-62H2,1-5H3,(H-,66,69,70,71)/b10-8-,16-14-,20-19-,23-22-,26-25-,29-28-,50-48+,58-56+. The van der Waals surface area contributed by atoms with Crippen LogP contribution in [0, 0.1) is 0 Å². The first-order chi connectivity index (χ1) is 36.0. The first-order valence-electron chi connectivity index (χ1n) is 30.6. The lowest BCUT2D eigenvalue weighted by Gasteiger charge is -2.29. The molecule has 0 spiro atoms. The molecule has 2 N–H and O–H groups in total.